The smallest absolute Gasteiger partial charge is 0.303 e. The maximum atomic E-state index is 10.9. The fourth-order valence-electron chi connectivity index (χ4n) is 3.30. The molecule has 0 fully saturated rings. The molecule has 0 radical (unpaired) electrons. The Labute approximate surface area is 180 Å². The number of aliphatic carboxylic acids is 1. The van der Waals surface area contributed by atoms with Crippen molar-refractivity contribution in [2.75, 3.05) is 20.3 Å². The number of carbonyl (C=O) groups is 1. The summed E-state index contributed by atoms with van der Waals surface area (Å²) in [5.74, 6) is 1.64. The van der Waals surface area contributed by atoms with Crippen LogP contribution in [0.1, 0.15) is 56.2 Å². The number of unbranched alkanes of at least 4 members (excludes halogenated alkanes) is 1. The highest BCUT2D eigenvalue weighted by Crippen LogP contribution is 2.29. The fraction of sp³-hybridized carbons (Fsp3) is 0.480. The number of rotatable bonds is 14. The van der Waals surface area contributed by atoms with Crippen LogP contribution in [0.2, 0.25) is 0 Å². The Morgan fingerprint density at radius 3 is 2.30 bits per heavy atom. The van der Waals surface area contributed by atoms with Gasteiger partial charge in [-0.15, -0.1) is 0 Å². The first-order valence-corrected chi connectivity index (χ1v) is 10.8. The fourth-order valence-corrected chi connectivity index (χ4v) is 3.30. The normalized spacial score (nSPS) is 10.6. The minimum atomic E-state index is -0.779. The van der Waals surface area contributed by atoms with E-state index in [2.05, 4.69) is 19.1 Å². The van der Waals surface area contributed by atoms with Gasteiger partial charge in [-0.3, -0.25) is 4.79 Å². The molecule has 0 heterocycles. The van der Waals surface area contributed by atoms with E-state index in [4.69, 9.17) is 19.3 Å². The van der Waals surface area contributed by atoms with Crippen LogP contribution in [0, 0.1) is 0 Å². The second-order valence-electron chi connectivity index (χ2n) is 7.31. The standard InChI is InChI=1S/C25H34O5/c1-4-6-16-30-23-17-20(12-15-25(26)27)10-13-21(23)9-7-8-19-11-14-22(29-5-2)24(18-19)28-3/h10-11,13-14,17-18H,4-9,12,15-16H2,1-3H3,(H,26,27). The zero-order chi connectivity index (χ0) is 21.8. The third-order valence-electron chi connectivity index (χ3n) is 4.95. The van der Waals surface area contributed by atoms with Crippen molar-refractivity contribution in [2.45, 2.75) is 58.8 Å². The maximum Gasteiger partial charge on any atom is 0.303 e. The number of benzene rings is 2. The molecule has 0 spiro atoms. The second-order valence-corrected chi connectivity index (χ2v) is 7.31. The van der Waals surface area contributed by atoms with Crippen LogP contribution in [0.25, 0.3) is 0 Å². The molecule has 2 aromatic carbocycles. The van der Waals surface area contributed by atoms with E-state index in [0.717, 1.165) is 54.9 Å². The predicted molar refractivity (Wildman–Crippen MR) is 119 cm³/mol. The molecule has 5 nitrogen and oxygen atoms in total. The lowest BCUT2D eigenvalue weighted by Gasteiger charge is -2.14. The van der Waals surface area contributed by atoms with Crippen molar-refractivity contribution in [3.8, 4) is 17.2 Å². The van der Waals surface area contributed by atoms with Gasteiger partial charge in [-0.25, -0.2) is 0 Å². The van der Waals surface area contributed by atoms with Crippen molar-refractivity contribution in [3.05, 3.63) is 53.1 Å². The van der Waals surface area contributed by atoms with E-state index in [0.29, 0.717) is 19.6 Å². The number of hydrogen-bond donors (Lipinski definition) is 1. The lowest BCUT2D eigenvalue weighted by Crippen LogP contribution is -2.03. The van der Waals surface area contributed by atoms with E-state index in [1.54, 1.807) is 7.11 Å². The van der Waals surface area contributed by atoms with E-state index in [9.17, 15) is 4.79 Å². The first-order valence-electron chi connectivity index (χ1n) is 10.8. The van der Waals surface area contributed by atoms with Crippen molar-refractivity contribution in [3.63, 3.8) is 0 Å². The molecule has 30 heavy (non-hydrogen) atoms. The number of carboxylic acid groups (broad SMARTS) is 1. The number of aryl methyl sites for hydroxylation is 3. The Bertz CT molecular complexity index is 800. The highest BCUT2D eigenvalue weighted by Gasteiger charge is 2.09. The number of carboxylic acids is 1. The molecule has 0 unspecified atom stereocenters. The monoisotopic (exact) mass is 414 g/mol. The summed E-state index contributed by atoms with van der Waals surface area (Å²) in [6, 6.07) is 12.2. The zero-order valence-electron chi connectivity index (χ0n) is 18.4. The Morgan fingerprint density at radius 1 is 0.867 bits per heavy atom. The molecule has 5 heteroatoms. The van der Waals surface area contributed by atoms with Crippen molar-refractivity contribution in [1.82, 2.24) is 0 Å². The summed E-state index contributed by atoms with van der Waals surface area (Å²) in [6.07, 6.45) is 5.54. The molecule has 0 saturated carbocycles. The Morgan fingerprint density at radius 2 is 1.60 bits per heavy atom. The van der Waals surface area contributed by atoms with Gasteiger partial charge in [0.15, 0.2) is 11.5 Å². The van der Waals surface area contributed by atoms with Crippen molar-refractivity contribution in [1.29, 1.82) is 0 Å². The van der Waals surface area contributed by atoms with Gasteiger partial charge in [-0.2, -0.15) is 0 Å². The molecule has 0 bridgehead atoms. The Kier molecular flexibility index (Phi) is 10.1. The summed E-state index contributed by atoms with van der Waals surface area (Å²) in [5, 5.41) is 8.93. The number of methoxy groups -OCH3 is 1. The van der Waals surface area contributed by atoms with Crippen LogP contribution in [0.15, 0.2) is 36.4 Å². The molecule has 0 saturated heterocycles. The van der Waals surface area contributed by atoms with Crippen LogP contribution < -0.4 is 14.2 Å². The molecular weight excluding hydrogens is 380 g/mol. The SMILES string of the molecule is CCCCOc1cc(CCC(=O)O)ccc1CCCc1ccc(OCC)c(OC)c1. The molecule has 164 valence electrons. The predicted octanol–water partition coefficient (Wildman–Crippen LogP) is 5.47. The summed E-state index contributed by atoms with van der Waals surface area (Å²) < 4.78 is 17.1. The Balaban J connectivity index is 2.02. The van der Waals surface area contributed by atoms with Gasteiger partial charge in [-0.1, -0.05) is 31.5 Å². The van der Waals surface area contributed by atoms with Gasteiger partial charge < -0.3 is 19.3 Å². The van der Waals surface area contributed by atoms with Gasteiger partial charge in [0.25, 0.3) is 0 Å². The summed E-state index contributed by atoms with van der Waals surface area (Å²) in [6.45, 7) is 5.39. The third-order valence-corrected chi connectivity index (χ3v) is 4.95. The summed E-state index contributed by atoms with van der Waals surface area (Å²) >= 11 is 0. The van der Waals surface area contributed by atoms with Gasteiger partial charge in [0.1, 0.15) is 5.75 Å². The van der Waals surface area contributed by atoms with Crippen LogP contribution in [-0.4, -0.2) is 31.4 Å². The highest BCUT2D eigenvalue weighted by molar-refractivity contribution is 5.67. The lowest BCUT2D eigenvalue weighted by atomic mass is 10.0. The lowest BCUT2D eigenvalue weighted by molar-refractivity contribution is -0.136. The average Bonchev–Trinajstić information content (AvgIpc) is 2.74. The van der Waals surface area contributed by atoms with Crippen LogP contribution in [0.3, 0.4) is 0 Å². The minimum absolute atomic E-state index is 0.132. The number of ether oxygens (including phenoxy) is 3. The van der Waals surface area contributed by atoms with Gasteiger partial charge >= 0.3 is 5.97 Å². The van der Waals surface area contributed by atoms with Crippen molar-refractivity contribution >= 4 is 5.97 Å². The van der Waals surface area contributed by atoms with E-state index < -0.39 is 5.97 Å². The molecule has 0 aliphatic rings. The first-order chi connectivity index (χ1) is 14.6. The van der Waals surface area contributed by atoms with Crippen LogP contribution >= 0.6 is 0 Å². The molecule has 2 aromatic rings. The van der Waals surface area contributed by atoms with Crippen molar-refractivity contribution < 1.29 is 24.1 Å². The second kappa shape index (κ2) is 12.8. The molecular formula is C25H34O5. The van der Waals surface area contributed by atoms with Gasteiger partial charge in [-0.05, 0) is 73.9 Å². The van der Waals surface area contributed by atoms with E-state index in [1.807, 2.05) is 31.2 Å². The maximum absolute atomic E-state index is 10.9. The molecule has 0 amide bonds. The minimum Gasteiger partial charge on any atom is -0.493 e. The highest BCUT2D eigenvalue weighted by atomic mass is 16.5. The average molecular weight is 415 g/mol. The van der Waals surface area contributed by atoms with E-state index in [-0.39, 0.29) is 6.42 Å². The molecule has 0 aliphatic carbocycles. The van der Waals surface area contributed by atoms with Crippen LogP contribution in [0.5, 0.6) is 17.2 Å². The summed E-state index contributed by atoms with van der Waals surface area (Å²) in [4.78, 5) is 10.9. The molecule has 0 aliphatic heterocycles. The molecule has 0 atom stereocenters. The summed E-state index contributed by atoms with van der Waals surface area (Å²) in [5.41, 5.74) is 3.38. The summed E-state index contributed by atoms with van der Waals surface area (Å²) in [7, 11) is 1.66. The molecule has 1 N–H and O–H groups in total. The Hall–Kier alpha value is -2.69. The van der Waals surface area contributed by atoms with Crippen LogP contribution in [0.4, 0.5) is 0 Å². The van der Waals surface area contributed by atoms with Gasteiger partial charge in [0, 0.05) is 6.42 Å². The largest absolute Gasteiger partial charge is 0.493 e. The van der Waals surface area contributed by atoms with Gasteiger partial charge in [0.05, 0.1) is 20.3 Å². The molecule has 0 aromatic heterocycles. The van der Waals surface area contributed by atoms with E-state index >= 15 is 0 Å². The third kappa shape index (κ3) is 7.62. The zero-order valence-corrected chi connectivity index (χ0v) is 18.4. The molecule has 2 rings (SSSR count). The van der Waals surface area contributed by atoms with E-state index in [1.165, 1.54) is 11.1 Å². The van der Waals surface area contributed by atoms with Crippen molar-refractivity contribution in [2.24, 2.45) is 0 Å². The van der Waals surface area contributed by atoms with Crippen LogP contribution in [-0.2, 0) is 24.1 Å². The number of hydrogen-bond acceptors (Lipinski definition) is 4. The first kappa shape index (κ1) is 23.6. The van der Waals surface area contributed by atoms with Gasteiger partial charge in [0.2, 0.25) is 0 Å². The quantitative estimate of drug-likeness (QED) is 0.416. The topological polar surface area (TPSA) is 65.0 Å².